The van der Waals surface area contributed by atoms with Crippen molar-refractivity contribution < 1.29 is 23.0 Å². The number of alkyl halides is 2. The molecular weight excluding hydrogens is 368 g/mol. The van der Waals surface area contributed by atoms with Crippen LogP contribution in [-0.2, 0) is 9.53 Å². The maximum Gasteiger partial charge on any atom is 0.387 e. The molecule has 2 fully saturated rings. The number of carbonyl (C=O) groups excluding carboxylic acids is 1. The Morgan fingerprint density at radius 2 is 1.89 bits per heavy atom. The van der Waals surface area contributed by atoms with E-state index in [0.717, 1.165) is 58.8 Å². The van der Waals surface area contributed by atoms with Gasteiger partial charge in [0.25, 0.3) is 0 Å². The number of hydrogen-bond acceptors (Lipinski definition) is 5. The predicted molar refractivity (Wildman–Crippen MR) is 103 cm³/mol. The third kappa shape index (κ3) is 5.86. The molecule has 1 amide bonds. The zero-order chi connectivity index (χ0) is 19.9. The van der Waals surface area contributed by atoms with Crippen LogP contribution in [0.5, 0.6) is 5.75 Å². The maximum atomic E-state index is 12.6. The Morgan fingerprint density at radius 3 is 2.57 bits per heavy atom. The van der Waals surface area contributed by atoms with E-state index in [1.54, 1.807) is 18.2 Å². The Bertz CT molecular complexity index is 633. The van der Waals surface area contributed by atoms with Gasteiger partial charge in [0.1, 0.15) is 5.75 Å². The number of anilines is 1. The van der Waals surface area contributed by atoms with Crippen molar-refractivity contribution in [3.8, 4) is 5.75 Å². The summed E-state index contributed by atoms with van der Waals surface area (Å²) in [5, 5.41) is 2.72. The number of ether oxygens (including phenoxy) is 2. The first kappa shape index (κ1) is 21.0. The number of rotatable bonds is 7. The van der Waals surface area contributed by atoms with Crippen molar-refractivity contribution in [1.82, 2.24) is 9.80 Å². The summed E-state index contributed by atoms with van der Waals surface area (Å²) in [6.07, 6.45) is 2.25. The van der Waals surface area contributed by atoms with Crippen molar-refractivity contribution in [2.75, 3.05) is 51.3 Å². The summed E-state index contributed by atoms with van der Waals surface area (Å²) < 4.78 is 35.0. The maximum absolute atomic E-state index is 12.6. The zero-order valence-corrected chi connectivity index (χ0v) is 16.3. The molecule has 2 aliphatic rings. The number of benzene rings is 1. The molecule has 2 saturated heterocycles. The fraction of sp³-hybridized carbons (Fsp3) is 0.650. The van der Waals surface area contributed by atoms with Crippen LogP contribution in [0.3, 0.4) is 0 Å². The van der Waals surface area contributed by atoms with E-state index < -0.39 is 6.61 Å². The summed E-state index contributed by atoms with van der Waals surface area (Å²) in [5.74, 6) is 0.454. The Morgan fingerprint density at radius 1 is 1.21 bits per heavy atom. The molecule has 1 N–H and O–H groups in total. The average Bonchev–Trinajstić information content (AvgIpc) is 2.70. The summed E-state index contributed by atoms with van der Waals surface area (Å²) in [4.78, 5) is 17.2. The van der Waals surface area contributed by atoms with Gasteiger partial charge in [0.05, 0.1) is 11.7 Å². The number of carbonyl (C=O) groups is 1. The van der Waals surface area contributed by atoms with Crippen LogP contribution in [-0.4, -0.2) is 74.3 Å². The molecule has 1 aromatic carbocycles. The van der Waals surface area contributed by atoms with Crippen LogP contribution in [0.25, 0.3) is 0 Å². The summed E-state index contributed by atoms with van der Waals surface area (Å²) in [6.45, 7) is 5.22. The molecule has 28 heavy (non-hydrogen) atoms. The molecule has 0 aromatic heterocycles. The molecule has 0 radical (unpaired) electrons. The highest BCUT2D eigenvalue weighted by molar-refractivity contribution is 5.95. The molecule has 1 atom stereocenters. The Kier molecular flexibility index (Phi) is 7.58. The van der Waals surface area contributed by atoms with Crippen molar-refractivity contribution in [2.24, 2.45) is 5.92 Å². The highest BCUT2D eigenvalue weighted by Gasteiger charge is 2.27. The molecule has 0 saturated carbocycles. The minimum atomic E-state index is -2.93. The second kappa shape index (κ2) is 10.1. The van der Waals surface area contributed by atoms with Crippen LogP contribution < -0.4 is 10.1 Å². The Hall–Kier alpha value is -1.77. The van der Waals surface area contributed by atoms with Gasteiger partial charge in [-0.2, -0.15) is 8.78 Å². The highest BCUT2D eigenvalue weighted by Crippen LogP contribution is 2.26. The lowest BCUT2D eigenvalue weighted by Gasteiger charge is -2.39. The summed E-state index contributed by atoms with van der Waals surface area (Å²) in [7, 11) is 0. The first-order chi connectivity index (χ1) is 13.5. The largest absolute Gasteiger partial charge is 0.433 e. The Labute approximate surface area is 164 Å². The standard InChI is InChI=1S/C20H29F2N3O3/c1-15(19(26)23-17-4-2-3-5-18(17)28-20(21)22)25-10-8-24(9-11-25)14-16-6-12-27-13-7-16/h2-5,15-16,20H,6-14H2,1H3,(H,23,26). The van der Waals surface area contributed by atoms with Crippen LogP contribution >= 0.6 is 0 Å². The van der Waals surface area contributed by atoms with Crippen LogP contribution in [0.4, 0.5) is 14.5 Å². The summed E-state index contributed by atoms with van der Waals surface area (Å²) in [5.41, 5.74) is 0.262. The van der Waals surface area contributed by atoms with E-state index in [9.17, 15) is 13.6 Å². The van der Waals surface area contributed by atoms with E-state index >= 15 is 0 Å². The van der Waals surface area contributed by atoms with E-state index in [4.69, 9.17) is 4.74 Å². The number of halogens is 2. The molecule has 0 bridgehead atoms. The molecule has 3 rings (SSSR count). The van der Waals surface area contributed by atoms with E-state index in [-0.39, 0.29) is 23.4 Å². The van der Waals surface area contributed by atoms with Crippen molar-refractivity contribution in [2.45, 2.75) is 32.4 Å². The van der Waals surface area contributed by atoms with Gasteiger partial charge in [0.2, 0.25) is 5.91 Å². The molecular formula is C20H29F2N3O3. The number of piperazine rings is 1. The molecule has 8 heteroatoms. The molecule has 1 unspecified atom stereocenters. The van der Waals surface area contributed by atoms with Gasteiger partial charge in [-0.3, -0.25) is 9.69 Å². The van der Waals surface area contributed by atoms with E-state index in [2.05, 4.69) is 19.9 Å². The number of nitrogens with one attached hydrogen (secondary N) is 1. The minimum absolute atomic E-state index is 0.0284. The smallest absolute Gasteiger partial charge is 0.387 e. The van der Waals surface area contributed by atoms with Crippen LogP contribution in [0, 0.1) is 5.92 Å². The highest BCUT2D eigenvalue weighted by atomic mass is 19.3. The van der Waals surface area contributed by atoms with Crippen molar-refractivity contribution >= 4 is 11.6 Å². The third-order valence-electron chi connectivity index (χ3n) is 5.55. The van der Waals surface area contributed by atoms with Gasteiger partial charge < -0.3 is 19.7 Å². The van der Waals surface area contributed by atoms with Gasteiger partial charge in [0.15, 0.2) is 0 Å². The van der Waals surface area contributed by atoms with Gasteiger partial charge in [-0.25, -0.2) is 0 Å². The molecule has 2 aliphatic heterocycles. The van der Waals surface area contributed by atoms with E-state index in [1.807, 2.05) is 6.92 Å². The molecule has 2 heterocycles. The minimum Gasteiger partial charge on any atom is -0.433 e. The number of nitrogens with zero attached hydrogens (tertiary/aromatic N) is 2. The molecule has 0 aliphatic carbocycles. The van der Waals surface area contributed by atoms with Crippen LogP contribution in [0.15, 0.2) is 24.3 Å². The molecule has 6 nitrogen and oxygen atoms in total. The van der Waals surface area contributed by atoms with Crippen molar-refractivity contribution in [3.05, 3.63) is 24.3 Å². The SMILES string of the molecule is CC(C(=O)Nc1ccccc1OC(F)F)N1CCN(CC2CCOCC2)CC1. The predicted octanol–water partition coefficient (Wildman–Crippen LogP) is 2.66. The van der Waals surface area contributed by atoms with Crippen LogP contribution in [0.2, 0.25) is 0 Å². The van der Waals surface area contributed by atoms with Crippen LogP contribution in [0.1, 0.15) is 19.8 Å². The average molecular weight is 397 g/mol. The first-order valence-electron chi connectivity index (χ1n) is 9.92. The van der Waals surface area contributed by atoms with Gasteiger partial charge in [-0.05, 0) is 37.8 Å². The van der Waals surface area contributed by atoms with E-state index in [1.165, 1.54) is 6.07 Å². The summed E-state index contributed by atoms with van der Waals surface area (Å²) in [6, 6.07) is 5.91. The molecule has 1 aromatic rings. The van der Waals surface area contributed by atoms with Gasteiger partial charge >= 0.3 is 6.61 Å². The molecule has 156 valence electrons. The fourth-order valence-electron chi connectivity index (χ4n) is 3.80. The number of hydrogen-bond donors (Lipinski definition) is 1. The lowest BCUT2D eigenvalue weighted by molar-refractivity contribution is -0.121. The zero-order valence-electron chi connectivity index (χ0n) is 16.3. The first-order valence-corrected chi connectivity index (χ1v) is 9.92. The monoisotopic (exact) mass is 397 g/mol. The second-order valence-electron chi connectivity index (χ2n) is 7.43. The molecule has 0 spiro atoms. The van der Waals surface area contributed by atoms with Gasteiger partial charge in [-0.15, -0.1) is 0 Å². The second-order valence-corrected chi connectivity index (χ2v) is 7.43. The Balaban J connectivity index is 1.48. The lowest BCUT2D eigenvalue weighted by atomic mass is 9.99. The van der Waals surface area contributed by atoms with Crippen molar-refractivity contribution in [1.29, 1.82) is 0 Å². The van der Waals surface area contributed by atoms with Gasteiger partial charge in [0, 0.05) is 45.9 Å². The van der Waals surface area contributed by atoms with E-state index in [0.29, 0.717) is 5.92 Å². The quantitative estimate of drug-likeness (QED) is 0.767. The number of para-hydroxylation sites is 2. The lowest BCUT2D eigenvalue weighted by Crippen LogP contribution is -2.53. The fourth-order valence-corrected chi connectivity index (χ4v) is 3.80. The van der Waals surface area contributed by atoms with Crippen molar-refractivity contribution in [3.63, 3.8) is 0 Å². The normalized spacial score (nSPS) is 20.9. The number of amides is 1. The van der Waals surface area contributed by atoms with Gasteiger partial charge in [-0.1, -0.05) is 12.1 Å². The third-order valence-corrected chi connectivity index (χ3v) is 5.55. The summed E-state index contributed by atoms with van der Waals surface area (Å²) >= 11 is 0. The topological polar surface area (TPSA) is 54.0 Å².